The number of hydrogen-bond acceptors (Lipinski definition) is 6. The number of nitro groups is 1. The van der Waals surface area contributed by atoms with Crippen molar-refractivity contribution in [1.29, 1.82) is 0 Å². The number of aromatic nitrogens is 2. The zero-order valence-corrected chi connectivity index (χ0v) is 11.2. The number of nitro benzene ring substituents is 1. The maximum absolute atomic E-state index is 11.3. The largest absolute Gasteiger partial charge is 0.454 e. The molecule has 4 rings (SSSR count). The number of fused-ring (bicyclic) bond motifs is 2. The molecule has 7 heteroatoms. The Balaban J connectivity index is 1.95. The van der Waals surface area contributed by atoms with E-state index in [9.17, 15) is 10.1 Å². The van der Waals surface area contributed by atoms with Gasteiger partial charge in [0.25, 0.3) is 5.69 Å². The Bertz CT molecular complexity index is 910. The maximum Gasteiger partial charge on any atom is 0.282 e. The number of para-hydroxylation sites is 2. The van der Waals surface area contributed by atoms with Crippen LogP contribution in [0.2, 0.25) is 0 Å². The van der Waals surface area contributed by atoms with Crippen LogP contribution in [0.25, 0.3) is 22.3 Å². The summed E-state index contributed by atoms with van der Waals surface area (Å²) in [7, 11) is 0. The van der Waals surface area contributed by atoms with Crippen molar-refractivity contribution in [2.24, 2.45) is 0 Å². The highest BCUT2D eigenvalue weighted by Gasteiger charge is 2.25. The minimum absolute atomic E-state index is 0.0549. The van der Waals surface area contributed by atoms with Crippen LogP contribution in [0.4, 0.5) is 5.69 Å². The number of rotatable bonds is 2. The molecule has 0 N–H and O–H groups in total. The summed E-state index contributed by atoms with van der Waals surface area (Å²) in [5, 5.41) is 11.3. The fourth-order valence-electron chi connectivity index (χ4n) is 2.37. The average molecular weight is 295 g/mol. The number of hydrogen-bond donors (Lipinski definition) is 0. The van der Waals surface area contributed by atoms with E-state index in [-0.39, 0.29) is 12.5 Å². The Labute approximate surface area is 124 Å². The van der Waals surface area contributed by atoms with Crippen LogP contribution in [0.5, 0.6) is 11.5 Å². The third kappa shape index (κ3) is 1.91. The number of benzene rings is 2. The van der Waals surface area contributed by atoms with E-state index < -0.39 is 4.92 Å². The lowest BCUT2D eigenvalue weighted by Gasteiger charge is -2.05. The smallest absolute Gasteiger partial charge is 0.282 e. The molecule has 0 amide bonds. The summed E-state index contributed by atoms with van der Waals surface area (Å²) in [6.45, 7) is 0.0549. The lowest BCUT2D eigenvalue weighted by atomic mass is 10.1. The number of nitrogens with zero attached hydrogens (tertiary/aromatic N) is 3. The first kappa shape index (κ1) is 12.5. The molecule has 0 bridgehead atoms. The van der Waals surface area contributed by atoms with Crippen molar-refractivity contribution < 1.29 is 14.4 Å². The van der Waals surface area contributed by atoms with Crippen molar-refractivity contribution in [2.45, 2.75) is 0 Å². The Hall–Kier alpha value is -3.22. The minimum atomic E-state index is -0.464. The molecule has 0 aliphatic carbocycles. The first-order valence-electron chi connectivity index (χ1n) is 6.52. The van der Waals surface area contributed by atoms with Crippen LogP contribution in [0.3, 0.4) is 0 Å². The van der Waals surface area contributed by atoms with Gasteiger partial charge in [-0.25, -0.2) is 4.98 Å². The summed E-state index contributed by atoms with van der Waals surface area (Å²) in [5.41, 5.74) is 2.09. The van der Waals surface area contributed by atoms with E-state index in [1.165, 1.54) is 12.3 Å². The summed E-state index contributed by atoms with van der Waals surface area (Å²) in [6.07, 6.45) is 1.52. The fourth-order valence-corrected chi connectivity index (χ4v) is 2.37. The van der Waals surface area contributed by atoms with Gasteiger partial charge in [0.2, 0.25) is 6.79 Å². The van der Waals surface area contributed by atoms with E-state index in [1.807, 2.05) is 24.3 Å². The molecule has 1 aliphatic rings. The predicted octanol–water partition coefficient (Wildman–Crippen LogP) is 2.93. The summed E-state index contributed by atoms with van der Waals surface area (Å²) >= 11 is 0. The van der Waals surface area contributed by atoms with Crippen molar-refractivity contribution in [3.05, 3.63) is 52.7 Å². The van der Waals surface area contributed by atoms with Gasteiger partial charge in [0.05, 0.1) is 39.5 Å². The Morgan fingerprint density at radius 3 is 2.59 bits per heavy atom. The molecular formula is C15H9N3O4. The van der Waals surface area contributed by atoms with E-state index in [0.29, 0.717) is 28.3 Å². The molecule has 0 saturated carbocycles. The van der Waals surface area contributed by atoms with Crippen LogP contribution < -0.4 is 9.47 Å². The van der Waals surface area contributed by atoms with Crippen LogP contribution in [-0.2, 0) is 0 Å². The third-order valence-corrected chi connectivity index (χ3v) is 3.41. The molecule has 0 unspecified atom stereocenters. The molecule has 1 aliphatic heterocycles. The lowest BCUT2D eigenvalue weighted by Crippen LogP contribution is -1.95. The van der Waals surface area contributed by atoms with Crippen molar-refractivity contribution in [3.63, 3.8) is 0 Å². The van der Waals surface area contributed by atoms with Gasteiger partial charge in [-0.3, -0.25) is 15.1 Å². The molecule has 0 radical (unpaired) electrons. The second-order valence-electron chi connectivity index (χ2n) is 4.72. The lowest BCUT2D eigenvalue weighted by molar-refractivity contribution is -0.384. The Morgan fingerprint density at radius 1 is 1.09 bits per heavy atom. The Morgan fingerprint density at radius 2 is 1.82 bits per heavy atom. The van der Waals surface area contributed by atoms with Crippen LogP contribution in [0.15, 0.2) is 42.6 Å². The summed E-state index contributed by atoms with van der Waals surface area (Å²) in [6, 6.07) is 10.3. The van der Waals surface area contributed by atoms with Gasteiger partial charge >= 0.3 is 0 Å². The van der Waals surface area contributed by atoms with E-state index in [4.69, 9.17) is 9.47 Å². The second kappa shape index (κ2) is 4.66. The minimum Gasteiger partial charge on any atom is -0.454 e. The molecule has 3 aromatic rings. The Kier molecular flexibility index (Phi) is 2.65. The molecule has 108 valence electrons. The number of ether oxygens (including phenoxy) is 2. The zero-order valence-electron chi connectivity index (χ0n) is 11.2. The van der Waals surface area contributed by atoms with Crippen molar-refractivity contribution in [3.8, 4) is 22.8 Å². The van der Waals surface area contributed by atoms with Crippen LogP contribution in [0, 0.1) is 10.1 Å². The van der Waals surface area contributed by atoms with Crippen molar-refractivity contribution in [2.75, 3.05) is 6.79 Å². The maximum atomic E-state index is 11.3. The molecule has 2 aromatic carbocycles. The topological polar surface area (TPSA) is 87.4 Å². The normalized spacial score (nSPS) is 12.5. The third-order valence-electron chi connectivity index (χ3n) is 3.41. The molecule has 7 nitrogen and oxygen atoms in total. The van der Waals surface area contributed by atoms with Crippen LogP contribution in [0.1, 0.15) is 0 Å². The first-order chi connectivity index (χ1) is 10.7. The highest BCUT2D eigenvalue weighted by atomic mass is 16.7. The second-order valence-corrected chi connectivity index (χ2v) is 4.72. The molecule has 0 atom stereocenters. The molecule has 1 aromatic heterocycles. The van der Waals surface area contributed by atoms with Gasteiger partial charge in [0.1, 0.15) is 0 Å². The average Bonchev–Trinajstić information content (AvgIpc) is 3.00. The zero-order chi connectivity index (χ0) is 15.1. The van der Waals surface area contributed by atoms with E-state index in [1.54, 1.807) is 6.07 Å². The van der Waals surface area contributed by atoms with E-state index in [2.05, 4.69) is 9.97 Å². The SMILES string of the molecule is O=[N+]([O-])c1cc2c(cc1-c1cnc3ccccc3n1)OCO2. The molecule has 0 fully saturated rings. The standard InChI is InChI=1S/C15H9N3O4/c19-18(20)13-6-15-14(21-8-22-15)5-9(13)12-7-16-10-3-1-2-4-11(10)17-12/h1-7H,8H2. The van der Waals surface area contributed by atoms with Gasteiger partial charge < -0.3 is 9.47 Å². The van der Waals surface area contributed by atoms with Gasteiger partial charge in [-0.15, -0.1) is 0 Å². The first-order valence-corrected chi connectivity index (χ1v) is 6.52. The van der Waals surface area contributed by atoms with Crippen molar-refractivity contribution in [1.82, 2.24) is 9.97 Å². The molecular weight excluding hydrogens is 286 g/mol. The van der Waals surface area contributed by atoms with Gasteiger partial charge in [-0.05, 0) is 12.1 Å². The quantitative estimate of drug-likeness (QED) is 0.533. The highest BCUT2D eigenvalue weighted by molar-refractivity contribution is 5.80. The van der Waals surface area contributed by atoms with Gasteiger partial charge in [0.15, 0.2) is 11.5 Å². The predicted molar refractivity (Wildman–Crippen MR) is 77.8 cm³/mol. The van der Waals surface area contributed by atoms with Crippen LogP contribution in [-0.4, -0.2) is 21.7 Å². The summed E-state index contributed by atoms with van der Waals surface area (Å²) in [5.74, 6) is 0.833. The molecule has 0 spiro atoms. The molecule has 0 saturated heterocycles. The van der Waals surface area contributed by atoms with Gasteiger partial charge in [-0.1, -0.05) is 12.1 Å². The highest BCUT2D eigenvalue weighted by Crippen LogP contribution is 2.41. The molecule has 2 heterocycles. The van der Waals surface area contributed by atoms with Crippen molar-refractivity contribution >= 4 is 16.7 Å². The fraction of sp³-hybridized carbons (Fsp3) is 0.0667. The summed E-state index contributed by atoms with van der Waals surface area (Å²) < 4.78 is 10.5. The summed E-state index contributed by atoms with van der Waals surface area (Å²) in [4.78, 5) is 19.6. The molecule has 22 heavy (non-hydrogen) atoms. The van der Waals surface area contributed by atoms with E-state index >= 15 is 0 Å². The van der Waals surface area contributed by atoms with Crippen LogP contribution >= 0.6 is 0 Å². The monoisotopic (exact) mass is 295 g/mol. The van der Waals surface area contributed by atoms with Gasteiger partial charge in [-0.2, -0.15) is 0 Å². The van der Waals surface area contributed by atoms with E-state index in [0.717, 1.165) is 5.52 Å². The van der Waals surface area contributed by atoms with Gasteiger partial charge in [0, 0.05) is 6.07 Å².